The second-order valence-corrected chi connectivity index (χ2v) is 3.17. The summed E-state index contributed by atoms with van der Waals surface area (Å²) in [5.41, 5.74) is 0. The van der Waals surface area contributed by atoms with Gasteiger partial charge in [-0.3, -0.25) is 4.79 Å². The molecule has 1 saturated heterocycles. The summed E-state index contributed by atoms with van der Waals surface area (Å²) in [5.74, 6) is 0.0844. The fourth-order valence-corrected chi connectivity index (χ4v) is 1.20. The van der Waals surface area contributed by atoms with Crippen molar-refractivity contribution in [2.45, 2.75) is 32.4 Å². The van der Waals surface area contributed by atoms with Gasteiger partial charge in [0.05, 0.1) is 13.2 Å². The van der Waals surface area contributed by atoms with Gasteiger partial charge in [-0.2, -0.15) is 0 Å². The third-order valence-corrected chi connectivity index (χ3v) is 1.95. The molecular weight excluding hydrogens is 168 g/mol. The topological polar surface area (TPSA) is 52.4 Å². The number of hydrogen-bond acceptors (Lipinski definition) is 2. The molecule has 0 saturated carbocycles. The van der Waals surface area contributed by atoms with E-state index in [0.717, 1.165) is 12.8 Å². The van der Waals surface area contributed by atoms with Crippen LogP contribution in [0.4, 0.5) is 0 Å². The average molecular weight is 185 g/mol. The lowest BCUT2D eigenvalue weighted by Gasteiger charge is -2.22. The molecule has 0 aromatic rings. The Morgan fingerprint density at radius 3 is 3.15 bits per heavy atom. The summed E-state index contributed by atoms with van der Waals surface area (Å²) in [7, 11) is 0. The second-order valence-electron chi connectivity index (χ2n) is 3.17. The van der Waals surface area contributed by atoms with Crippen LogP contribution < -0.4 is 10.6 Å². The molecule has 4 heteroatoms. The molecule has 1 unspecified atom stereocenters. The summed E-state index contributed by atoms with van der Waals surface area (Å²) < 4.78 is 5.18. The molecule has 0 spiro atoms. The predicted molar refractivity (Wildman–Crippen MR) is 49.3 cm³/mol. The summed E-state index contributed by atoms with van der Waals surface area (Å²) in [5, 5.41) is 7.04. The summed E-state index contributed by atoms with van der Waals surface area (Å²) in [4.78, 5) is 11.2. The SMILES string of the molecule is CCCCC(=O)NC1COCC[N]1. The minimum atomic E-state index is -0.113. The van der Waals surface area contributed by atoms with Crippen molar-refractivity contribution in [2.75, 3.05) is 19.8 Å². The Morgan fingerprint density at radius 2 is 2.54 bits per heavy atom. The zero-order chi connectivity index (χ0) is 9.52. The lowest BCUT2D eigenvalue weighted by atomic mass is 10.2. The van der Waals surface area contributed by atoms with Gasteiger partial charge in [0, 0.05) is 13.0 Å². The first kappa shape index (κ1) is 10.5. The fourth-order valence-electron chi connectivity index (χ4n) is 1.20. The second kappa shape index (κ2) is 5.94. The van der Waals surface area contributed by atoms with Crippen molar-refractivity contribution in [1.29, 1.82) is 0 Å². The smallest absolute Gasteiger partial charge is 0.221 e. The fraction of sp³-hybridized carbons (Fsp3) is 0.889. The highest BCUT2D eigenvalue weighted by molar-refractivity contribution is 5.76. The van der Waals surface area contributed by atoms with Crippen LogP contribution in [-0.2, 0) is 9.53 Å². The molecule has 4 nitrogen and oxygen atoms in total. The monoisotopic (exact) mass is 185 g/mol. The van der Waals surface area contributed by atoms with Crippen molar-refractivity contribution in [3.05, 3.63) is 0 Å². The molecule has 1 rings (SSSR count). The number of nitrogens with zero attached hydrogens (tertiary/aromatic N) is 1. The van der Waals surface area contributed by atoms with Gasteiger partial charge in [-0.15, -0.1) is 0 Å². The van der Waals surface area contributed by atoms with Crippen LogP contribution in [0.5, 0.6) is 0 Å². The van der Waals surface area contributed by atoms with Crippen LogP contribution in [0.25, 0.3) is 0 Å². The van der Waals surface area contributed by atoms with Crippen molar-refractivity contribution < 1.29 is 9.53 Å². The number of amides is 1. The maximum absolute atomic E-state index is 11.2. The van der Waals surface area contributed by atoms with Gasteiger partial charge in [-0.1, -0.05) is 13.3 Å². The summed E-state index contributed by atoms with van der Waals surface area (Å²) in [6.45, 7) is 3.97. The van der Waals surface area contributed by atoms with Crippen LogP contribution >= 0.6 is 0 Å². The number of ether oxygens (including phenoxy) is 1. The van der Waals surface area contributed by atoms with E-state index in [9.17, 15) is 4.79 Å². The molecule has 0 bridgehead atoms. The highest BCUT2D eigenvalue weighted by Crippen LogP contribution is 1.96. The normalized spacial score (nSPS) is 22.7. The molecule has 1 fully saturated rings. The van der Waals surface area contributed by atoms with E-state index in [0.29, 0.717) is 26.2 Å². The van der Waals surface area contributed by atoms with Gasteiger partial charge in [-0.05, 0) is 6.42 Å². The highest BCUT2D eigenvalue weighted by Gasteiger charge is 2.15. The number of carbonyl (C=O) groups is 1. The quantitative estimate of drug-likeness (QED) is 0.682. The largest absolute Gasteiger partial charge is 0.376 e. The molecule has 1 heterocycles. The van der Waals surface area contributed by atoms with Crippen LogP contribution in [0.3, 0.4) is 0 Å². The van der Waals surface area contributed by atoms with Gasteiger partial charge in [-0.25, -0.2) is 5.32 Å². The van der Waals surface area contributed by atoms with E-state index >= 15 is 0 Å². The first-order valence-electron chi connectivity index (χ1n) is 4.86. The number of morpholine rings is 1. The van der Waals surface area contributed by atoms with Gasteiger partial charge in [0.2, 0.25) is 5.91 Å². The molecule has 1 N–H and O–H groups in total. The van der Waals surface area contributed by atoms with Crippen LogP contribution in [0, 0.1) is 0 Å². The average Bonchev–Trinajstić information content (AvgIpc) is 2.16. The number of rotatable bonds is 4. The number of hydrogen-bond donors (Lipinski definition) is 1. The maximum atomic E-state index is 11.2. The van der Waals surface area contributed by atoms with Crippen molar-refractivity contribution >= 4 is 5.91 Å². The van der Waals surface area contributed by atoms with Crippen molar-refractivity contribution in [3.8, 4) is 0 Å². The molecule has 0 aromatic carbocycles. The molecule has 1 atom stereocenters. The van der Waals surface area contributed by atoms with E-state index in [2.05, 4.69) is 17.6 Å². The van der Waals surface area contributed by atoms with Gasteiger partial charge >= 0.3 is 0 Å². The Morgan fingerprint density at radius 1 is 1.69 bits per heavy atom. The minimum Gasteiger partial charge on any atom is -0.376 e. The molecule has 0 aromatic heterocycles. The van der Waals surface area contributed by atoms with Crippen LogP contribution in [0.15, 0.2) is 0 Å². The summed E-state index contributed by atoms with van der Waals surface area (Å²) in [6, 6.07) is 0. The van der Waals surface area contributed by atoms with E-state index in [1.165, 1.54) is 0 Å². The third-order valence-electron chi connectivity index (χ3n) is 1.95. The molecular formula is C9H17N2O2. The summed E-state index contributed by atoms with van der Waals surface area (Å²) in [6.07, 6.45) is 2.48. The van der Waals surface area contributed by atoms with Gasteiger partial charge < -0.3 is 10.1 Å². The lowest BCUT2D eigenvalue weighted by Crippen LogP contribution is -2.48. The van der Waals surface area contributed by atoms with E-state index < -0.39 is 0 Å². The zero-order valence-corrected chi connectivity index (χ0v) is 8.08. The van der Waals surface area contributed by atoms with Crippen LogP contribution in [0.1, 0.15) is 26.2 Å². The molecule has 1 amide bonds. The molecule has 1 radical (unpaired) electrons. The number of unbranched alkanes of at least 4 members (excludes halogenated alkanes) is 1. The first-order chi connectivity index (χ1) is 6.33. The van der Waals surface area contributed by atoms with Crippen LogP contribution in [0.2, 0.25) is 0 Å². The molecule has 1 aliphatic rings. The van der Waals surface area contributed by atoms with E-state index in [4.69, 9.17) is 4.74 Å². The highest BCUT2D eigenvalue weighted by atomic mass is 16.5. The Labute approximate surface area is 79.0 Å². The van der Waals surface area contributed by atoms with E-state index in [1.807, 2.05) is 0 Å². The van der Waals surface area contributed by atoms with Gasteiger partial charge in [0.1, 0.15) is 6.17 Å². The van der Waals surface area contributed by atoms with Gasteiger partial charge in [0.25, 0.3) is 0 Å². The Balaban J connectivity index is 2.11. The minimum absolute atomic E-state index is 0.0844. The Kier molecular flexibility index (Phi) is 4.78. The molecule has 13 heavy (non-hydrogen) atoms. The molecule has 1 aliphatic heterocycles. The number of carbonyl (C=O) groups excluding carboxylic acids is 1. The Hall–Kier alpha value is -0.610. The maximum Gasteiger partial charge on any atom is 0.221 e. The predicted octanol–water partition coefficient (Wildman–Crippen LogP) is 0.253. The number of nitrogens with one attached hydrogen (secondary N) is 1. The van der Waals surface area contributed by atoms with E-state index in [1.54, 1.807) is 0 Å². The van der Waals surface area contributed by atoms with Crippen molar-refractivity contribution in [2.24, 2.45) is 0 Å². The first-order valence-corrected chi connectivity index (χ1v) is 4.86. The summed E-state index contributed by atoms with van der Waals surface area (Å²) >= 11 is 0. The van der Waals surface area contributed by atoms with Crippen molar-refractivity contribution in [3.63, 3.8) is 0 Å². The standard InChI is InChI=1S/C9H17N2O2/c1-2-3-4-9(12)11-8-7-13-6-5-10-8/h8H,2-7H2,1H3,(H,11,12). The molecule has 75 valence electrons. The Bertz CT molecular complexity index is 156. The zero-order valence-electron chi connectivity index (χ0n) is 8.08. The van der Waals surface area contributed by atoms with E-state index in [-0.39, 0.29) is 12.1 Å². The van der Waals surface area contributed by atoms with Crippen molar-refractivity contribution in [1.82, 2.24) is 10.6 Å². The van der Waals surface area contributed by atoms with Gasteiger partial charge in [0.15, 0.2) is 0 Å². The van der Waals surface area contributed by atoms with Crippen LogP contribution in [-0.4, -0.2) is 31.8 Å². The third kappa shape index (κ3) is 4.24. The molecule has 0 aliphatic carbocycles. The lowest BCUT2D eigenvalue weighted by molar-refractivity contribution is -0.123.